The summed E-state index contributed by atoms with van der Waals surface area (Å²) in [5, 5.41) is 6.22. The molecule has 0 aliphatic heterocycles. The van der Waals surface area contributed by atoms with Crippen molar-refractivity contribution in [3.8, 4) is 0 Å². The van der Waals surface area contributed by atoms with Crippen LogP contribution in [0.4, 0.5) is 0 Å². The van der Waals surface area contributed by atoms with Gasteiger partial charge in [0, 0.05) is 11.5 Å². The SMILES string of the molecule is Cn1ncc2c(=O)n(CC(=O)c3sccc3Br)cnc21. The summed E-state index contributed by atoms with van der Waals surface area (Å²) >= 11 is 4.66. The summed E-state index contributed by atoms with van der Waals surface area (Å²) < 4.78 is 3.58. The van der Waals surface area contributed by atoms with E-state index >= 15 is 0 Å². The van der Waals surface area contributed by atoms with Crippen LogP contribution in [0, 0.1) is 0 Å². The third-order valence-corrected chi connectivity index (χ3v) is 4.78. The van der Waals surface area contributed by atoms with Gasteiger partial charge in [-0.3, -0.25) is 18.8 Å². The van der Waals surface area contributed by atoms with Crippen molar-refractivity contribution in [3.05, 3.63) is 43.7 Å². The van der Waals surface area contributed by atoms with E-state index in [0.717, 1.165) is 4.47 Å². The number of carbonyl (C=O) groups excluding carboxylic acids is 1. The van der Waals surface area contributed by atoms with Gasteiger partial charge in [0.1, 0.15) is 11.7 Å². The van der Waals surface area contributed by atoms with E-state index in [1.807, 2.05) is 11.4 Å². The molecule has 0 aliphatic rings. The molecule has 20 heavy (non-hydrogen) atoms. The lowest BCUT2D eigenvalue weighted by atomic mass is 10.3. The van der Waals surface area contributed by atoms with E-state index in [1.165, 1.54) is 33.1 Å². The molecular formula is C12H9BrN4O2S. The Morgan fingerprint density at radius 2 is 2.30 bits per heavy atom. The minimum Gasteiger partial charge on any atom is -0.291 e. The van der Waals surface area contributed by atoms with Gasteiger partial charge < -0.3 is 0 Å². The Hall–Kier alpha value is -1.80. The Labute approximate surface area is 125 Å². The monoisotopic (exact) mass is 352 g/mol. The zero-order valence-electron chi connectivity index (χ0n) is 10.4. The van der Waals surface area contributed by atoms with Crippen molar-refractivity contribution >= 4 is 44.1 Å². The molecule has 0 bridgehead atoms. The molecule has 6 nitrogen and oxygen atoms in total. The van der Waals surface area contributed by atoms with E-state index < -0.39 is 0 Å². The first-order valence-electron chi connectivity index (χ1n) is 5.71. The number of Topliss-reactive ketones (excluding diaryl/α,β-unsaturated/α-hetero) is 1. The maximum Gasteiger partial charge on any atom is 0.264 e. The second kappa shape index (κ2) is 4.95. The van der Waals surface area contributed by atoms with E-state index in [9.17, 15) is 9.59 Å². The highest BCUT2D eigenvalue weighted by Gasteiger charge is 2.15. The van der Waals surface area contributed by atoms with Gasteiger partial charge in [-0.05, 0) is 27.4 Å². The average Bonchev–Trinajstić information content (AvgIpc) is 3.00. The van der Waals surface area contributed by atoms with E-state index in [2.05, 4.69) is 26.0 Å². The molecule has 0 atom stereocenters. The minimum absolute atomic E-state index is 0.0320. The zero-order chi connectivity index (χ0) is 14.3. The lowest BCUT2D eigenvalue weighted by Crippen LogP contribution is -2.24. The van der Waals surface area contributed by atoms with E-state index in [4.69, 9.17) is 0 Å². The third-order valence-electron chi connectivity index (χ3n) is 2.90. The molecule has 8 heteroatoms. The van der Waals surface area contributed by atoms with Gasteiger partial charge in [0.2, 0.25) is 0 Å². The highest BCUT2D eigenvalue weighted by Crippen LogP contribution is 2.23. The van der Waals surface area contributed by atoms with E-state index in [-0.39, 0.29) is 17.9 Å². The number of rotatable bonds is 3. The van der Waals surface area contributed by atoms with Crippen LogP contribution in [0.2, 0.25) is 0 Å². The summed E-state index contributed by atoms with van der Waals surface area (Å²) in [5.74, 6) is -0.126. The number of ketones is 1. The van der Waals surface area contributed by atoms with Crippen LogP contribution < -0.4 is 5.56 Å². The molecule has 0 saturated heterocycles. The summed E-state index contributed by atoms with van der Waals surface area (Å²) in [6.45, 7) is -0.0320. The number of halogens is 1. The molecule has 0 saturated carbocycles. The summed E-state index contributed by atoms with van der Waals surface area (Å²) in [6, 6.07) is 1.81. The maximum absolute atomic E-state index is 12.2. The van der Waals surface area contributed by atoms with Crippen molar-refractivity contribution < 1.29 is 4.79 Å². The summed E-state index contributed by atoms with van der Waals surface area (Å²) in [7, 11) is 1.72. The van der Waals surface area contributed by atoms with E-state index in [1.54, 1.807) is 7.05 Å². The molecule has 0 aliphatic carbocycles. The maximum atomic E-state index is 12.2. The number of hydrogen-bond donors (Lipinski definition) is 0. The number of aryl methyl sites for hydroxylation is 1. The van der Waals surface area contributed by atoms with E-state index in [0.29, 0.717) is 15.9 Å². The van der Waals surface area contributed by atoms with Gasteiger partial charge in [0.25, 0.3) is 5.56 Å². The largest absolute Gasteiger partial charge is 0.291 e. The second-order valence-corrected chi connectivity index (χ2v) is 5.97. The van der Waals surface area contributed by atoms with Crippen molar-refractivity contribution in [2.24, 2.45) is 7.05 Å². The number of aromatic nitrogens is 4. The highest BCUT2D eigenvalue weighted by atomic mass is 79.9. The lowest BCUT2D eigenvalue weighted by Gasteiger charge is -2.04. The van der Waals surface area contributed by atoms with Gasteiger partial charge in [0.15, 0.2) is 11.4 Å². The molecule has 3 aromatic rings. The Bertz CT molecular complexity index is 864. The zero-order valence-corrected chi connectivity index (χ0v) is 12.8. The van der Waals surface area contributed by atoms with Crippen molar-refractivity contribution in [1.29, 1.82) is 0 Å². The first kappa shape index (κ1) is 13.2. The van der Waals surface area contributed by atoms with Crippen LogP contribution in [0.25, 0.3) is 11.0 Å². The molecule has 0 radical (unpaired) electrons. The van der Waals surface area contributed by atoms with Crippen molar-refractivity contribution in [1.82, 2.24) is 19.3 Å². The van der Waals surface area contributed by atoms with Gasteiger partial charge in [-0.25, -0.2) is 4.98 Å². The van der Waals surface area contributed by atoms with Crippen molar-refractivity contribution in [2.75, 3.05) is 0 Å². The molecular weight excluding hydrogens is 344 g/mol. The molecule has 0 amide bonds. The molecule has 3 heterocycles. The van der Waals surface area contributed by atoms with Crippen molar-refractivity contribution in [2.45, 2.75) is 6.54 Å². The molecule has 3 aromatic heterocycles. The summed E-state index contributed by atoms with van der Waals surface area (Å²) in [6.07, 6.45) is 2.85. The Morgan fingerprint density at radius 1 is 1.50 bits per heavy atom. The second-order valence-electron chi connectivity index (χ2n) is 4.20. The number of thiophene rings is 1. The number of fused-ring (bicyclic) bond motifs is 1. The molecule has 0 N–H and O–H groups in total. The first-order chi connectivity index (χ1) is 9.58. The van der Waals surface area contributed by atoms with Crippen LogP contribution in [0.1, 0.15) is 9.67 Å². The lowest BCUT2D eigenvalue weighted by molar-refractivity contribution is 0.0974. The first-order valence-corrected chi connectivity index (χ1v) is 7.38. The molecule has 102 valence electrons. The van der Waals surface area contributed by atoms with Crippen molar-refractivity contribution in [3.63, 3.8) is 0 Å². The van der Waals surface area contributed by atoms with Crippen LogP contribution in [-0.4, -0.2) is 25.1 Å². The fourth-order valence-electron chi connectivity index (χ4n) is 1.90. The van der Waals surface area contributed by atoms with Gasteiger partial charge in [0.05, 0.1) is 17.6 Å². The highest BCUT2D eigenvalue weighted by molar-refractivity contribution is 9.10. The number of carbonyl (C=O) groups is 1. The summed E-state index contributed by atoms with van der Waals surface area (Å²) in [4.78, 5) is 29.2. The molecule has 0 spiro atoms. The smallest absolute Gasteiger partial charge is 0.264 e. The van der Waals surface area contributed by atoms with Crippen LogP contribution in [0.15, 0.2) is 33.2 Å². The standard InChI is InChI=1S/C12H9BrN4O2S/c1-16-11-7(4-15-16)12(19)17(6-14-11)5-9(18)10-8(13)2-3-20-10/h2-4,6H,5H2,1H3. The number of nitrogens with zero attached hydrogens (tertiary/aromatic N) is 4. The van der Waals surface area contributed by atoms with Gasteiger partial charge in [-0.2, -0.15) is 5.10 Å². The predicted octanol–water partition coefficient (Wildman–Crippen LogP) is 1.84. The van der Waals surface area contributed by atoms with Crippen LogP contribution in [-0.2, 0) is 13.6 Å². The van der Waals surface area contributed by atoms with Gasteiger partial charge in [-0.15, -0.1) is 11.3 Å². The minimum atomic E-state index is -0.260. The Kier molecular flexibility index (Phi) is 3.27. The average molecular weight is 353 g/mol. The molecule has 0 aromatic carbocycles. The normalized spacial score (nSPS) is 11.1. The van der Waals surface area contributed by atoms with Crippen LogP contribution in [0.3, 0.4) is 0 Å². The van der Waals surface area contributed by atoms with Gasteiger partial charge >= 0.3 is 0 Å². The summed E-state index contributed by atoms with van der Waals surface area (Å²) in [5.41, 5.74) is 0.250. The topological polar surface area (TPSA) is 69.8 Å². The quantitative estimate of drug-likeness (QED) is 0.674. The molecule has 0 unspecified atom stereocenters. The fraction of sp³-hybridized carbons (Fsp3) is 0.167. The van der Waals surface area contributed by atoms with Crippen LogP contribution >= 0.6 is 27.3 Å². The predicted molar refractivity (Wildman–Crippen MR) is 79.1 cm³/mol. The molecule has 0 fully saturated rings. The molecule has 3 rings (SSSR count). The van der Waals surface area contributed by atoms with Crippen LogP contribution in [0.5, 0.6) is 0 Å². The van der Waals surface area contributed by atoms with Gasteiger partial charge in [-0.1, -0.05) is 0 Å². The fourth-order valence-corrected chi connectivity index (χ4v) is 3.42. The Balaban J connectivity index is 2.00. The Morgan fingerprint density at radius 3 is 3.00 bits per heavy atom. The third kappa shape index (κ3) is 2.10. The number of hydrogen-bond acceptors (Lipinski definition) is 5.